The van der Waals surface area contributed by atoms with E-state index in [2.05, 4.69) is 10.3 Å². The summed E-state index contributed by atoms with van der Waals surface area (Å²) in [5.41, 5.74) is 2.95. The van der Waals surface area contributed by atoms with Crippen LogP contribution in [-0.2, 0) is 24.4 Å². The van der Waals surface area contributed by atoms with E-state index in [-0.39, 0.29) is 18.7 Å². The maximum atomic E-state index is 14.0. The summed E-state index contributed by atoms with van der Waals surface area (Å²) < 4.78 is 19.9. The number of ether oxygens (including phenoxy) is 1. The van der Waals surface area contributed by atoms with E-state index in [1.807, 2.05) is 48.7 Å². The van der Waals surface area contributed by atoms with E-state index in [0.29, 0.717) is 17.2 Å². The number of fused-ring (bicyclic) bond motifs is 1. The molecular weight excluding hydrogens is 431 g/mol. The summed E-state index contributed by atoms with van der Waals surface area (Å²) in [7, 11) is 0. The van der Waals surface area contributed by atoms with Crippen molar-refractivity contribution in [3.8, 4) is 5.75 Å². The van der Waals surface area contributed by atoms with Crippen LogP contribution < -0.4 is 10.1 Å². The normalized spacial score (nSPS) is 12.1. The van der Waals surface area contributed by atoms with Gasteiger partial charge in [-0.15, -0.1) is 0 Å². The molecule has 7 heteroatoms. The Bertz CT molecular complexity index is 1220. The number of carbonyl (C=O) groups is 1. The van der Waals surface area contributed by atoms with Gasteiger partial charge in [0.1, 0.15) is 24.2 Å². The molecule has 164 valence electrons. The second kappa shape index (κ2) is 9.85. The number of H-pyrrole nitrogens is 1. The molecule has 0 saturated carbocycles. The lowest BCUT2D eigenvalue weighted by Gasteiger charge is -2.17. The monoisotopic (exact) mass is 452 g/mol. The minimum Gasteiger partial charge on any atom is -0.488 e. The molecule has 1 aromatic heterocycles. The van der Waals surface area contributed by atoms with Gasteiger partial charge in [-0.2, -0.15) is 0 Å². The zero-order chi connectivity index (χ0) is 22.5. The van der Waals surface area contributed by atoms with Crippen molar-refractivity contribution in [2.45, 2.75) is 25.6 Å². The Balaban J connectivity index is 1.45. The van der Waals surface area contributed by atoms with Gasteiger partial charge >= 0.3 is 5.97 Å². The number of aromatic amines is 1. The van der Waals surface area contributed by atoms with Crippen molar-refractivity contribution in [3.05, 3.63) is 100 Å². The quantitative estimate of drug-likeness (QED) is 0.321. The molecular formula is C25H22ClFN2O3. The molecule has 1 atom stereocenters. The van der Waals surface area contributed by atoms with E-state index in [0.717, 1.165) is 22.0 Å². The van der Waals surface area contributed by atoms with Gasteiger partial charge in [-0.25, -0.2) is 4.39 Å². The zero-order valence-corrected chi connectivity index (χ0v) is 17.9. The van der Waals surface area contributed by atoms with E-state index in [1.54, 1.807) is 18.2 Å². The summed E-state index contributed by atoms with van der Waals surface area (Å²) in [6.07, 6.45) is 2.17. The van der Waals surface area contributed by atoms with Crippen LogP contribution in [0.1, 0.15) is 16.7 Å². The van der Waals surface area contributed by atoms with Gasteiger partial charge in [0.05, 0.1) is 5.02 Å². The van der Waals surface area contributed by atoms with Gasteiger partial charge < -0.3 is 14.8 Å². The molecule has 0 bridgehead atoms. The summed E-state index contributed by atoms with van der Waals surface area (Å²) >= 11 is 6.08. The Morgan fingerprint density at radius 2 is 1.84 bits per heavy atom. The third-order valence-corrected chi connectivity index (χ3v) is 5.70. The minimum absolute atomic E-state index is 0.0276. The lowest BCUT2D eigenvalue weighted by molar-refractivity contribution is -0.139. The van der Waals surface area contributed by atoms with Crippen molar-refractivity contribution in [1.82, 2.24) is 10.3 Å². The number of aromatic nitrogens is 1. The number of nitrogens with one attached hydrogen (secondary N) is 2. The van der Waals surface area contributed by atoms with Gasteiger partial charge in [-0.3, -0.25) is 10.1 Å². The third-order valence-electron chi connectivity index (χ3n) is 5.34. The maximum absolute atomic E-state index is 14.0. The molecule has 3 aromatic carbocycles. The van der Waals surface area contributed by atoms with Crippen LogP contribution in [0, 0.1) is 5.82 Å². The Hall–Kier alpha value is -3.35. The first-order valence-corrected chi connectivity index (χ1v) is 10.6. The largest absolute Gasteiger partial charge is 0.488 e. The van der Waals surface area contributed by atoms with Gasteiger partial charge in [0.25, 0.3) is 0 Å². The molecule has 1 heterocycles. The number of hydrogen-bond acceptors (Lipinski definition) is 3. The highest BCUT2D eigenvalue weighted by molar-refractivity contribution is 6.31. The number of rotatable bonds is 9. The summed E-state index contributed by atoms with van der Waals surface area (Å²) in [6.45, 7) is 0.251. The van der Waals surface area contributed by atoms with E-state index in [1.165, 1.54) is 6.07 Å². The second-order valence-corrected chi connectivity index (χ2v) is 7.84. The highest BCUT2D eigenvalue weighted by Gasteiger charge is 2.20. The van der Waals surface area contributed by atoms with Crippen LogP contribution in [-0.4, -0.2) is 22.1 Å². The van der Waals surface area contributed by atoms with Crippen LogP contribution in [0.15, 0.2) is 72.9 Å². The first-order chi connectivity index (χ1) is 15.5. The molecule has 3 N–H and O–H groups in total. The smallest absolute Gasteiger partial charge is 0.321 e. The Labute approximate surface area is 189 Å². The van der Waals surface area contributed by atoms with Crippen LogP contribution in [0.4, 0.5) is 4.39 Å². The topological polar surface area (TPSA) is 74.3 Å². The highest BCUT2D eigenvalue weighted by atomic mass is 35.5. The van der Waals surface area contributed by atoms with Crippen molar-refractivity contribution < 1.29 is 19.0 Å². The number of aliphatic carboxylic acids is 1. The van der Waals surface area contributed by atoms with Crippen molar-refractivity contribution in [2.24, 2.45) is 0 Å². The van der Waals surface area contributed by atoms with Gasteiger partial charge in [-0.1, -0.05) is 54.1 Å². The number of halogens is 2. The number of carboxylic acids is 1. The van der Waals surface area contributed by atoms with Gasteiger partial charge in [0.2, 0.25) is 0 Å². The molecule has 5 nitrogen and oxygen atoms in total. The van der Waals surface area contributed by atoms with Crippen molar-refractivity contribution in [1.29, 1.82) is 0 Å². The van der Waals surface area contributed by atoms with Crippen LogP contribution in [0.25, 0.3) is 10.9 Å². The highest BCUT2D eigenvalue weighted by Crippen LogP contribution is 2.24. The molecule has 0 fully saturated rings. The molecule has 0 aliphatic rings. The van der Waals surface area contributed by atoms with E-state index >= 15 is 0 Å². The van der Waals surface area contributed by atoms with E-state index < -0.39 is 17.8 Å². The molecule has 4 rings (SSSR count). The Morgan fingerprint density at radius 1 is 1.06 bits per heavy atom. The maximum Gasteiger partial charge on any atom is 0.321 e. The van der Waals surface area contributed by atoms with Crippen LogP contribution >= 0.6 is 11.6 Å². The predicted octanol–water partition coefficient (Wildman–Crippen LogP) is 5.32. The summed E-state index contributed by atoms with van der Waals surface area (Å²) in [5, 5.41) is 14.2. The van der Waals surface area contributed by atoms with Crippen molar-refractivity contribution in [2.75, 3.05) is 0 Å². The van der Waals surface area contributed by atoms with Crippen molar-refractivity contribution in [3.63, 3.8) is 0 Å². The van der Waals surface area contributed by atoms with E-state index in [4.69, 9.17) is 16.3 Å². The fourth-order valence-electron chi connectivity index (χ4n) is 3.61. The fourth-order valence-corrected chi connectivity index (χ4v) is 3.83. The summed E-state index contributed by atoms with van der Waals surface area (Å²) in [6, 6.07) is 18.7. The molecule has 0 aliphatic carbocycles. The standard InChI is InChI=1S/C25H22ClFN2O3/c26-20-8-5-9-21(27)19(20)15-32-24-11-4-1-6-16(24)13-29-23(25(30)31)12-17-14-28-22-10-3-2-7-18(17)22/h1-11,14,23,28-29H,12-13,15H2,(H,30,31). The Morgan fingerprint density at radius 3 is 2.66 bits per heavy atom. The average Bonchev–Trinajstić information content (AvgIpc) is 3.19. The average molecular weight is 453 g/mol. The number of para-hydroxylation sites is 2. The molecule has 32 heavy (non-hydrogen) atoms. The van der Waals surface area contributed by atoms with Crippen molar-refractivity contribution >= 4 is 28.5 Å². The zero-order valence-electron chi connectivity index (χ0n) is 17.1. The van der Waals surface area contributed by atoms with Gasteiger partial charge in [-0.05, 0) is 29.8 Å². The SMILES string of the molecule is O=C(O)C(Cc1c[nH]c2ccccc12)NCc1ccccc1OCc1c(F)cccc1Cl. The molecule has 1 unspecified atom stereocenters. The van der Waals surface area contributed by atoms with Crippen LogP contribution in [0.2, 0.25) is 5.02 Å². The number of benzene rings is 3. The van der Waals surface area contributed by atoms with E-state index in [9.17, 15) is 14.3 Å². The lowest BCUT2D eigenvalue weighted by Crippen LogP contribution is -2.38. The third kappa shape index (κ3) is 4.93. The predicted molar refractivity (Wildman–Crippen MR) is 122 cm³/mol. The molecule has 0 saturated heterocycles. The molecule has 0 spiro atoms. The number of carboxylic acid groups (broad SMARTS) is 1. The first kappa shape index (κ1) is 21.9. The molecule has 4 aromatic rings. The van der Waals surface area contributed by atoms with Gasteiger partial charge in [0.15, 0.2) is 0 Å². The van der Waals surface area contributed by atoms with Crippen LogP contribution in [0.5, 0.6) is 5.75 Å². The molecule has 0 aliphatic heterocycles. The summed E-state index contributed by atoms with van der Waals surface area (Å²) in [5.74, 6) is -0.833. The van der Waals surface area contributed by atoms with Crippen LogP contribution in [0.3, 0.4) is 0 Å². The minimum atomic E-state index is -0.938. The first-order valence-electron chi connectivity index (χ1n) is 10.2. The number of hydrogen-bond donors (Lipinski definition) is 3. The molecule has 0 amide bonds. The second-order valence-electron chi connectivity index (χ2n) is 7.43. The van der Waals surface area contributed by atoms with Gasteiger partial charge in [0, 0.05) is 41.2 Å². The summed E-state index contributed by atoms with van der Waals surface area (Å²) in [4.78, 5) is 15.1. The Kier molecular flexibility index (Phi) is 6.73. The fraction of sp³-hybridized carbons (Fsp3) is 0.160. The lowest BCUT2D eigenvalue weighted by atomic mass is 10.0. The molecule has 0 radical (unpaired) electrons.